The molecule has 76 valence electrons. The fourth-order valence-corrected chi connectivity index (χ4v) is 1.61. The number of benzene rings is 1. The van der Waals surface area contributed by atoms with E-state index in [1.54, 1.807) is 13.1 Å². The van der Waals surface area contributed by atoms with Gasteiger partial charge in [0.05, 0.1) is 7.05 Å². The largest absolute Gasteiger partial charge is 0.477 e. The number of nitrogens with zero attached hydrogens (tertiary/aromatic N) is 4. The molecule has 1 aromatic carbocycles. The highest BCUT2D eigenvalue weighted by atomic mass is 16.5. The van der Waals surface area contributed by atoms with E-state index >= 15 is 0 Å². The van der Waals surface area contributed by atoms with E-state index in [0.717, 1.165) is 11.3 Å². The van der Waals surface area contributed by atoms with Gasteiger partial charge in [0.25, 0.3) is 0 Å². The first-order chi connectivity index (χ1) is 7.24. The van der Waals surface area contributed by atoms with Crippen LogP contribution in [-0.4, -0.2) is 20.2 Å². The van der Waals surface area contributed by atoms with Crippen molar-refractivity contribution in [2.75, 3.05) is 5.73 Å². The van der Waals surface area contributed by atoms with Crippen LogP contribution in [0.5, 0.6) is 5.75 Å². The summed E-state index contributed by atoms with van der Waals surface area (Å²) in [6.07, 6.45) is -0.225. The number of aryl methyl sites for hydroxylation is 1. The summed E-state index contributed by atoms with van der Waals surface area (Å²) in [4.78, 5) is 1.41. The normalized spacial score (nSPS) is 17.8. The Morgan fingerprint density at radius 2 is 2.33 bits per heavy atom. The molecule has 0 radical (unpaired) electrons. The number of rotatable bonds is 1. The minimum absolute atomic E-state index is 0.225. The number of tetrazole rings is 1. The summed E-state index contributed by atoms with van der Waals surface area (Å²) in [5, 5.41) is 11.8. The topological polar surface area (TPSA) is 78.8 Å². The average Bonchev–Trinajstić information content (AvgIpc) is 2.58. The summed E-state index contributed by atoms with van der Waals surface area (Å²) in [5.74, 6) is 1.40. The van der Waals surface area contributed by atoms with E-state index in [0.29, 0.717) is 11.5 Å². The van der Waals surface area contributed by atoms with Crippen molar-refractivity contribution in [1.29, 1.82) is 0 Å². The lowest BCUT2D eigenvalue weighted by Crippen LogP contribution is -2.22. The maximum absolute atomic E-state index is 5.69. The third-order valence-corrected chi connectivity index (χ3v) is 2.32. The van der Waals surface area contributed by atoms with Gasteiger partial charge in [-0.25, -0.2) is 0 Å². The van der Waals surface area contributed by atoms with Crippen molar-refractivity contribution in [1.82, 2.24) is 20.2 Å². The third kappa shape index (κ3) is 1.14. The van der Waals surface area contributed by atoms with Gasteiger partial charge >= 0.3 is 0 Å². The van der Waals surface area contributed by atoms with Gasteiger partial charge in [0.2, 0.25) is 5.82 Å². The summed E-state index contributed by atoms with van der Waals surface area (Å²) in [6, 6.07) is 5.52. The standard InChI is InChI=1S/C9H9N5O/c1-14-12-9(11-13-14)8-6-4-5(10)2-3-7(6)15-8/h2-4,8H,10H2,1H3. The van der Waals surface area contributed by atoms with Crippen molar-refractivity contribution >= 4 is 5.69 Å². The second-order valence-electron chi connectivity index (χ2n) is 3.43. The Balaban J connectivity index is 2.00. The van der Waals surface area contributed by atoms with E-state index in [2.05, 4.69) is 15.4 Å². The van der Waals surface area contributed by atoms with Crippen LogP contribution >= 0.6 is 0 Å². The van der Waals surface area contributed by atoms with Crippen molar-refractivity contribution in [2.45, 2.75) is 6.10 Å². The Kier molecular flexibility index (Phi) is 1.47. The number of fused-ring (bicyclic) bond motifs is 1. The van der Waals surface area contributed by atoms with Crippen LogP contribution in [0.4, 0.5) is 5.69 Å². The number of aromatic nitrogens is 4. The molecule has 1 unspecified atom stereocenters. The van der Waals surface area contributed by atoms with Gasteiger partial charge in [0.15, 0.2) is 6.10 Å². The second-order valence-corrected chi connectivity index (χ2v) is 3.43. The van der Waals surface area contributed by atoms with Gasteiger partial charge in [-0.1, -0.05) is 0 Å². The second kappa shape index (κ2) is 2.69. The van der Waals surface area contributed by atoms with Crippen LogP contribution < -0.4 is 10.5 Å². The first-order valence-electron chi connectivity index (χ1n) is 4.54. The number of ether oxygens (including phenoxy) is 1. The molecule has 15 heavy (non-hydrogen) atoms. The van der Waals surface area contributed by atoms with Gasteiger partial charge in [-0.2, -0.15) is 4.80 Å². The molecule has 6 nitrogen and oxygen atoms in total. The summed E-state index contributed by atoms with van der Waals surface area (Å²) in [5.41, 5.74) is 7.42. The highest BCUT2D eigenvalue weighted by molar-refractivity contribution is 5.54. The Morgan fingerprint density at radius 3 is 3.07 bits per heavy atom. The molecular weight excluding hydrogens is 194 g/mol. The summed E-state index contributed by atoms with van der Waals surface area (Å²) in [6.45, 7) is 0. The first-order valence-corrected chi connectivity index (χ1v) is 4.54. The summed E-state index contributed by atoms with van der Waals surface area (Å²) >= 11 is 0. The zero-order valence-corrected chi connectivity index (χ0v) is 8.08. The van der Waals surface area contributed by atoms with Crippen LogP contribution in [-0.2, 0) is 7.05 Å². The molecule has 0 fully saturated rings. The molecule has 2 aromatic rings. The third-order valence-electron chi connectivity index (χ3n) is 2.32. The van der Waals surface area contributed by atoms with Crippen LogP contribution in [0.15, 0.2) is 18.2 Å². The zero-order chi connectivity index (χ0) is 10.4. The van der Waals surface area contributed by atoms with Crippen molar-refractivity contribution < 1.29 is 4.74 Å². The molecule has 1 atom stereocenters. The Labute approximate surface area is 85.6 Å². The number of nitrogens with two attached hydrogens (primary N) is 1. The molecule has 3 rings (SSSR count). The predicted octanol–water partition coefficient (Wildman–Crippen LogP) is 0.274. The van der Waals surface area contributed by atoms with Gasteiger partial charge in [0, 0.05) is 11.3 Å². The molecule has 0 aliphatic carbocycles. The van der Waals surface area contributed by atoms with E-state index in [1.165, 1.54) is 4.80 Å². The molecular formula is C9H9N5O. The van der Waals surface area contributed by atoms with Crippen LogP contribution in [0.3, 0.4) is 0 Å². The molecule has 2 N–H and O–H groups in total. The lowest BCUT2D eigenvalue weighted by molar-refractivity contribution is 0.176. The quantitative estimate of drug-likeness (QED) is 0.673. The maximum Gasteiger partial charge on any atom is 0.219 e. The molecule has 6 heteroatoms. The van der Waals surface area contributed by atoms with Crippen LogP contribution in [0.1, 0.15) is 17.5 Å². The molecule has 0 amide bonds. The van der Waals surface area contributed by atoms with Gasteiger partial charge in [-0.3, -0.25) is 0 Å². The highest BCUT2D eigenvalue weighted by Crippen LogP contribution is 2.42. The Hall–Kier alpha value is -2.11. The monoisotopic (exact) mass is 203 g/mol. The molecule has 1 aromatic heterocycles. The zero-order valence-electron chi connectivity index (χ0n) is 8.08. The van der Waals surface area contributed by atoms with E-state index in [-0.39, 0.29) is 6.10 Å². The summed E-state index contributed by atoms with van der Waals surface area (Å²) in [7, 11) is 1.72. The Bertz CT molecular complexity index is 521. The molecule has 0 saturated heterocycles. The SMILES string of the molecule is Cn1nnc(C2Oc3ccc(N)cc32)n1. The fourth-order valence-electron chi connectivity index (χ4n) is 1.61. The molecule has 0 saturated carbocycles. The van der Waals surface area contributed by atoms with Crippen molar-refractivity contribution in [3.05, 3.63) is 29.6 Å². The van der Waals surface area contributed by atoms with E-state index < -0.39 is 0 Å². The molecule has 1 aliphatic heterocycles. The number of nitrogen functional groups attached to an aromatic ring is 1. The lowest BCUT2D eigenvalue weighted by atomic mass is 10.0. The molecule has 0 bridgehead atoms. The molecule has 2 heterocycles. The van der Waals surface area contributed by atoms with Crippen LogP contribution in [0, 0.1) is 0 Å². The highest BCUT2D eigenvalue weighted by Gasteiger charge is 2.33. The van der Waals surface area contributed by atoms with Crippen molar-refractivity contribution in [3.8, 4) is 5.75 Å². The molecule has 1 aliphatic rings. The van der Waals surface area contributed by atoms with Gasteiger partial charge in [0.1, 0.15) is 5.75 Å². The average molecular weight is 203 g/mol. The van der Waals surface area contributed by atoms with Crippen molar-refractivity contribution in [2.24, 2.45) is 7.05 Å². The smallest absolute Gasteiger partial charge is 0.219 e. The number of hydrogen-bond acceptors (Lipinski definition) is 5. The van der Waals surface area contributed by atoms with Crippen molar-refractivity contribution in [3.63, 3.8) is 0 Å². The minimum Gasteiger partial charge on any atom is -0.477 e. The van der Waals surface area contributed by atoms with Gasteiger partial charge in [-0.15, -0.1) is 10.2 Å². The predicted molar refractivity (Wildman–Crippen MR) is 52.1 cm³/mol. The number of anilines is 1. The number of hydrogen-bond donors (Lipinski definition) is 1. The minimum atomic E-state index is -0.225. The molecule has 0 spiro atoms. The summed E-state index contributed by atoms with van der Waals surface area (Å²) < 4.78 is 5.51. The van der Waals surface area contributed by atoms with Crippen LogP contribution in [0.2, 0.25) is 0 Å². The first kappa shape index (κ1) is 8.22. The van der Waals surface area contributed by atoms with E-state index in [1.807, 2.05) is 12.1 Å². The van der Waals surface area contributed by atoms with E-state index in [9.17, 15) is 0 Å². The van der Waals surface area contributed by atoms with Crippen LogP contribution in [0.25, 0.3) is 0 Å². The fraction of sp³-hybridized carbons (Fsp3) is 0.222. The van der Waals surface area contributed by atoms with Gasteiger partial charge in [-0.05, 0) is 23.4 Å². The maximum atomic E-state index is 5.69. The lowest BCUT2D eigenvalue weighted by Gasteiger charge is -2.28. The van der Waals surface area contributed by atoms with Gasteiger partial charge < -0.3 is 10.5 Å². The Morgan fingerprint density at radius 1 is 1.47 bits per heavy atom. The van der Waals surface area contributed by atoms with E-state index in [4.69, 9.17) is 10.5 Å².